The van der Waals surface area contributed by atoms with Crippen molar-refractivity contribution in [2.75, 3.05) is 5.73 Å². The fraction of sp³-hybridized carbons (Fsp3) is 0.385. The van der Waals surface area contributed by atoms with Crippen LogP contribution in [0.25, 0.3) is 0 Å². The SMILES string of the molecule is Nc1cccc2c1CN(C1CCC(=O)NC1=O)C2. The predicted molar refractivity (Wildman–Crippen MR) is 66.3 cm³/mol. The van der Waals surface area contributed by atoms with Crippen molar-refractivity contribution in [1.82, 2.24) is 10.2 Å². The molecule has 0 radical (unpaired) electrons. The van der Waals surface area contributed by atoms with Crippen LogP contribution in [0.3, 0.4) is 0 Å². The van der Waals surface area contributed by atoms with Crippen molar-refractivity contribution in [3.05, 3.63) is 29.3 Å². The van der Waals surface area contributed by atoms with Gasteiger partial charge < -0.3 is 5.73 Å². The second kappa shape index (κ2) is 4.10. The first-order valence-corrected chi connectivity index (χ1v) is 6.09. The Bertz CT molecular complexity index is 527. The lowest BCUT2D eigenvalue weighted by Gasteiger charge is -2.29. The van der Waals surface area contributed by atoms with Crippen LogP contribution in [-0.2, 0) is 22.7 Å². The minimum absolute atomic E-state index is 0.174. The Morgan fingerprint density at radius 3 is 2.83 bits per heavy atom. The van der Waals surface area contributed by atoms with Gasteiger partial charge in [0.1, 0.15) is 0 Å². The van der Waals surface area contributed by atoms with Gasteiger partial charge >= 0.3 is 0 Å². The van der Waals surface area contributed by atoms with Crippen LogP contribution in [0.2, 0.25) is 0 Å². The van der Waals surface area contributed by atoms with E-state index in [4.69, 9.17) is 5.73 Å². The quantitative estimate of drug-likeness (QED) is 0.554. The van der Waals surface area contributed by atoms with E-state index in [0.29, 0.717) is 19.4 Å². The number of amides is 2. The zero-order chi connectivity index (χ0) is 12.7. The van der Waals surface area contributed by atoms with E-state index in [1.54, 1.807) is 0 Å². The molecule has 2 amide bonds. The molecule has 0 bridgehead atoms. The highest BCUT2D eigenvalue weighted by molar-refractivity contribution is 6.00. The third kappa shape index (κ3) is 1.76. The second-order valence-electron chi connectivity index (χ2n) is 4.86. The van der Waals surface area contributed by atoms with Gasteiger partial charge in [-0.2, -0.15) is 0 Å². The molecule has 5 heteroatoms. The fourth-order valence-corrected chi connectivity index (χ4v) is 2.72. The second-order valence-corrected chi connectivity index (χ2v) is 4.86. The summed E-state index contributed by atoms with van der Waals surface area (Å²) in [4.78, 5) is 25.0. The summed E-state index contributed by atoms with van der Waals surface area (Å²) in [6.07, 6.45) is 1.01. The largest absolute Gasteiger partial charge is 0.398 e. The molecule has 1 aromatic carbocycles. The molecule has 5 nitrogen and oxygen atoms in total. The first-order valence-electron chi connectivity index (χ1n) is 6.09. The first-order chi connectivity index (χ1) is 8.65. The van der Waals surface area contributed by atoms with E-state index in [0.717, 1.165) is 17.8 Å². The van der Waals surface area contributed by atoms with E-state index in [2.05, 4.69) is 10.2 Å². The first kappa shape index (κ1) is 11.2. The maximum absolute atomic E-state index is 11.8. The zero-order valence-electron chi connectivity index (χ0n) is 9.98. The summed E-state index contributed by atoms with van der Waals surface area (Å²) < 4.78 is 0. The van der Waals surface area contributed by atoms with Crippen molar-refractivity contribution in [1.29, 1.82) is 0 Å². The average molecular weight is 245 g/mol. The summed E-state index contributed by atoms with van der Waals surface area (Å²) in [5, 5.41) is 2.40. The minimum atomic E-state index is -0.213. The number of hydrogen-bond acceptors (Lipinski definition) is 4. The van der Waals surface area contributed by atoms with Gasteiger partial charge in [0.05, 0.1) is 6.04 Å². The number of anilines is 1. The molecule has 1 aromatic rings. The topological polar surface area (TPSA) is 75.4 Å². The Morgan fingerprint density at radius 2 is 2.11 bits per heavy atom. The zero-order valence-corrected chi connectivity index (χ0v) is 9.98. The molecule has 0 aliphatic carbocycles. The molecule has 3 rings (SSSR count). The van der Waals surface area contributed by atoms with Gasteiger partial charge in [0.2, 0.25) is 11.8 Å². The average Bonchev–Trinajstić information content (AvgIpc) is 2.74. The molecule has 0 saturated carbocycles. The molecule has 2 aliphatic heterocycles. The van der Waals surface area contributed by atoms with Gasteiger partial charge in [-0.15, -0.1) is 0 Å². The lowest BCUT2D eigenvalue weighted by molar-refractivity contribution is -0.137. The maximum Gasteiger partial charge on any atom is 0.243 e. The molecule has 1 saturated heterocycles. The summed E-state index contributed by atoms with van der Waals surface area (Å²) in [5.41, 5.74) is 9.01. The number of nitrogens with zero attached hydrogens (tertiary/aromatic N) is 1. The molecular formula is C13H15N3O2. The van der Waals surface area contributed by atoms with Crippen LogP contribution in [0.1, 0.15) is 24.0 Å². The van der Waals surface area contributed by atoms with Crippen molar-refractivity contribution in [2.45, 2.75) is 32.0 Å². The predicted octanol–water partition coefficient (Wildman–Crippen LogP) is 0.390. The van der Waals surface area contributed by atoms with E-state index < -0.39 is 0 Å². The monoisotopic (exact) mass is 245 g/mol. The van der Waals surface area contributed by atoms with Gasteiger partial charge in [-0.05, 0) is 23.6 Å². The number of nitrogen functional groups attached to an aromatic ring is 1. The van der Waals surface area contributed by atoms with Crippen molar-refractivity contribution < 1.29 is 9.59 Å². The molecule has 3 N–H and O–H groups in total. The van der Waals surface area contributed by atoms with Crippen LogP contribution < -0.4 is 11.1 Å². The number of fused-ring (bicyclic) bond motifs is 1. The Morgan fingerprint density at radius 1 is 1.28 bits per heavy atom. The Kier molecular flexibility index (Phi) is 2.56. The van der Waals surface area contributed by atoms with E-state index >= 15 is 0 Å². The molecule has 0 spiro atoms. The lowest BCUT2D eigenvalue weighted by atomic mass is 10.0. The number of benzene rings is 1. The fourth-order valence-electron chi connectivity index (χ4n) is 2.72. The van der Waals surface area contributed by atoms with Crippen LogP contribution in [0.4, 0.5) is 5.69 Å². The van der Waals surface area contributed by atoms with E-state index in [1.165, 1.54) is 5.56 Å². The number of piperidine rings is 1. The normalized spacial score (nSPS) is 23.9. The number of rotatable bonds is 1. The van der Waals surface area contributed by atoms with E-state index in [-0.39, 0.29) is 17.9 Å². The number of carbonyl (C=O) groups is 2. The molecule has 2 aliphatic rings. The lowest BCUT2D eigenvalue weighted by Crippen LogP contribution is -2.50. The molecule has 94 valence electrons. The molecular weight excluding hydrogens is 230 g/mol. The molecule has 1 atom stereocenters. The molecule has 1 unspecified atom stereocenters. The molecule has 2 heterocycles. The summed E-state index contributed by atoms with van der Waals surface area (Å²) >= 11 is 0. The van der Waals surface area contributed by atoms with Gasteiger partial charge in [0, 0.05) is 25.2 Å². The number of nitrogens with one attached hydrogen (secondary N) is 1. The Labute approximate surface area is 105 Å². The van der Waals surface area contributed by atoms with Crippen LogP contribution in [0.5, 0.6) is 0 Å². The Balaban J connectivity index is 1.80. The summed E-state index contributed by atoms with van der Waals surface area (Å²) in [7, 11) is 0. The minimum Gasteiger partial charge on any atom is -0.398 e. The summed E-state index contributed by atoms with van der Waals surface area (Å²) in [6.45, 7) is 1.42. The summed E-state index contributed by atoms with van der Waals surface area (Å²) in [6, 6.07) is 5.64. The summed E-state index contributed by atoms with van der Waals surface area (Å²) in [5.74, 6) is -0.356. The highest BCUT2D eigenvalue weighted by Gasteiger charge is 2.35. The highest BCUT2D eigenvalue weighted by Crippen LogP contribution is 2.30. The van der Waals surface area contributed by atoms with Crippen molar-refractivity contribution in [2.24, 2.45) is 0 Å². The Hall–Kier alpha value is -1.88. The number of imide groups is 1. The van der Waals surface area contributed by atoms with E-state index in [1.807, 2.05) is 18.2 Å². The smallest absolute Gasteiger partial charge is 0.243 e. The van der Waals surface area contributed by atoms with Gasteiger partial charge in [0.15, 0.2) is 0 Å². The third-order valence-electron chi connectivity index (χ3n) is 3.69. The number of nitrogens with two attached hydrogens (primary N) is 1. The van der Waals surface area contributed by atoms with Gasteiger partial charge in [-0.25, -0.2) is 0 Å². The van der Waals surface area contributed by atoms with Crippen molar-refractivity contribution in [3.8, 4) is 0 Å². The van der Waals surface area contributed by atoms with Crippen LogP contribution in [-0.4, -0.2) is 22.8 Å². The molecule has 18 heavy (non-hydrogen) atoms. The number of hydrogen-bond donors (Lipinski definition) is 2. The molecule has 0 aromatic heterocycles. The van der Waals surface area contributed by atoms with Crippen LogP contribution in [0.15, 0.2) is 18.2 Å². The maximum atomic E-state index is 11.8. The van der Waals surface area contributed by atoms with E-state index in [9.17, 15) is 9.59 Å². The van der Waals surface area contributed by atoms with Gasteiger partial charge in [-0.1, -0.05) is 12.1 Å². The molecule has 1 fully saturated rings. The van der Waals surface area contributed by atoms with Gasteiger partial charge in [-0.3, -0.25) is 19.8 Å². The third-order valence-corrected chi connectivity index (χ3v) is 3.69. The van der Waals surface area contributed by atoms with Crippen molar-refractivity contribution >= 4 is 17.5 Å². The number of carbonyl (C=O) groups excluding carboxylic acids is 2. The van der Waals surface area contributed by atoms with Gasteiger partial charge in [0.25, 0.3) is 0 Å². The van der Waals surface area contributed by atoms with Crippen LogP contribution >= 0.6 is 0 Å². The highest BCUT2D eigenvalue weighted by atomic mass is 16.2. The van der Waals surface area contributed by atoms with Crippen molar-refractivity contribution in [3.63, 3.8) is 0 Å². The standard InChI is InChI=1S/C13H15N3O2/c14-10-3-1-2-8-6-16(7-9(8)10)11-4-5-12(17)15-13(11)18/h1-3,11H,4-7,14H2,(H,15,17,18). The van der Waals surface area contributed by atoms with Crippen LogP contribution in [0, 0.1) is 0 Å².